The molecule has 1 fully saturated rings. The van der Waals surface area contributed by atoms with Gasteiger partial charge in [-0.05, 0) is 38.6 Å². The second-order valence-electron chi connectivity index (χ2n) is 5.09. The Morgan fingerprint density at radius 1 is 1.39 bits per heavy atom. The molecule has 1 aliphatic rings. The van der Waals surface area contributed by atoms with E-state index in [1.165, 1.54) is 12.8 Å². The summed E-state index contributed by atoms with van der Waals surface area (Å²) in [6, 6.07) is 0.809. The van der Waals surface area contributed by atoms with Gasteiger partial charge in [0.05, 0.1) is 6.04 Å². The number of hydrogen-bond donors (Lipinski definition) is 1. The van der Waals surface area contributed by atoms with E-state index < -0.39 is 0 Å². The summed E-state index contributed by atoms with van der Waals surface area (Å²) in [6.45, 7) is 9.26. The SMILES string of the molecule is CCCN(CC1CC1)c1nnc(C(C)NCC)o1. The Morgan fingerprint density at radius 2 is 2.17 bits per heavy atom. The highest BCUT2D eigenvalue weighted by Gasteiger charge is 2.26. The first kappa shape index (κ1) is 13.3. The van der Waals surface area contributed by atoms with Crippen LogP contribution in [-0.2, 0) is 0 Å². The van der Waals surface area contributed by atoms with Crippen LogP contribution in [-0.4, -0.2) is 29.8 Å². The summed E-state index contributed by atoms with van der Waals surface area (Å²) in [4.78, 5) is 2.23. The Balaban J connectivity index is 2.00. The summed E-state index contributed by atoms with van der Waals surface area (Å²) in [5.41, 5.74) is 0. The zero-order valence-corrected chi connectivity index (χ0v) is 11.6. The molecule has 1 N–H and O–H groups in total. The molecule has 18 heavy (non-hydrogen) atoms. The molecule has 5 heteroatoms. The Bertz CT molecular complexity index is 362. The Hall–Kier alpha value is -1.10. The summed E-state index contributed by atoms with van der Waals surface area (Å²) in [7, 11) is 0. The molecular formula is C13H24N4O. The molecule has 0 aliphatic heterocycles. The molecular weight excluding hydrogens is 228 g/mol. The van der Waals surface area contributed by atoms with Crippen LogP contribution in [0.15, 0.2) is 4.42 Å². The molecule has 1 atom stereocenters. The molecule has 0 saturated heterocycles. The summed E-state index contributed by atoms with van der Waals surface area (Å²) in [5, 5.41) is 11.6. The lowest BCUT2D eigenvalue weighted by Gasteiger charge is -2.18. The fourth-order valence-electron chi connectivity index (χ4n) is 2.07. The molecule has 1 unspecified atom stereocenters. The van der Waals surface area contributed by atoms with E-state index in [9.17, 15) is 0 Å². The smallest absolute Gasteiger partial charge is 0.318 e. The van der Waals surface area contributed by atoms with Gasteiger partial charge in [0.25, 0.3) is 0 Å². The van der Waals surface area contributed by atoms with Crippen molar-refractivity contribution in [2.24, 2.45) is 5.92 Å². The molecule has 0 spiro atoms. The summed E-state index contributed by atoms with van der Waals surface area (Å²) < 4.78 is 5.78. The first-order valence-corrected chi connectivity index (χ1v) is 7.06. The third-order valence-electron chi connectivity index (χ3n) is 3.25. The van der Waals surface area contributed by atoms with Gasteiger partial charge in [0.1, 0.15) is 0 Å². The average molecular weight is 252 g/mol. The van der Waals surface area contributed by atoms with Crippen LogP contribution in [0.1, 0.15) is 52.0 Å². The van der Waals surface area contributed by atoms with Crippen molar-refractivity contribution in [1.29, 1.82) is 0 Å². The predicted molar refractivity (Wildman–Crippen MR) is 71.6 cm³/mol. The molecule has 1 aromatic heterocycles. The first-order chi connectivity index (χ1) is 8.74. The van der Waals surface area contributed by atoms with Crippen LogP contribution < -0.4 is 10.2 Å². The van der Waals surface area contributed by atoms with Gasteiger partial charge in [0.15, 0.2) is 0 Å². The lowest BCUT2D eigenvalue weighted by molar-refractivity contribution is 0.417. The molecule has 5 nitrogen and oxygen atoms in total. The number of rotatable bonds is 8. The molecule has 0 aromatic carbocycles. The lowest BCUT2D eigenvalue weighted by Crippen LogP contribution is -2.26. The van der Waals surface area contributed by atoms with Gasteiger partial charge in [-0.2, -0.15) is 0 Å². The van der Waals surface area contributed by atoms with E-state index in [1.54, 1.807) is 0 Å². The van der Waals surface area contributed by atoms with E-state index in [4.69, 9.17) is 4.42 Å². The lowest BCUT2D eigenvalue weighted by atomic mass is 10.3. The molecule has 1 saturated carbocycles. The van der Waals surface area contributed by atoms with Gasteiger partial charge >= 0.3 is 6.01 Å². The summed E-state index contributed by atoms with van der Waals surface area (Å²) in [6.07, 6.45) is 3.79. The van der Waals surface area contributed by atoms with Crippen molar-refractivity contribution in [2.45, 2.75) is 46.1 Å². The second kappa shape index (κ2) is 6.18. The van der Waals surface area contributed by atoms with E-state index in [-0.39, 0.29) is 6.04 Å². The van der Waals surface area contributed by atoms with Crippen molar-refractivity contribution >= 4 is 6.01 Å². The fourth-order valence-corrected chi connectivity index (χ4v) is 2.07. The first-order valence-electron chi connectivity index (χ1n) is 7.06. The average Bonchev–Trinajstić information content (AvgIpc) is 3.03. The topological polar surface area (TPSA) is 54.2 Å². The van der Waals surface area contributed by atoms with Crippen LogP contribution in [0.25, 0.3) is 0 Å². The van der Waals surface area contributed by atoms with E-state index in [1.807, 2.05) is 6.92 Å². The summed E-state index contributed by atoms with van der Waals surface area (Å²) >= 11 is 0. The quantitative estimate of drug-likeness (QED) is 0.769. The zero-order valence-electron chi connectivity index (χ0n) is 11.6. The van der Waals surface area contributed by atoms with Crippen LogP contribution in [0.2, 0.25) is 0 Å². The van der Waals surface area contributed by atoms with Crippen molar-refractivity contribution in [3.05, 3.63) is 5.89 Å². The van der Waals surface area contributed by atoms with Crippen LogP contribution >= 0.6 is 0 Å². The molecule has 0 amide bonds. The number of hydrogen-bond acceptors (Lipinski definition) is 5. The van der Waals surface area contributed by atoms with Crippen LogP contribution in [0.5, 0.6) is 0 Å². The fraction of sp³-hybridized carbons (Fsp3) is 0.846. The number of anilines is 1. The largest absolute Gasteiger partial charge is 0.406 e. The van der Waals surface area contributed by atoms with Crippen molar-refractivity contribution in [3.63, 3.8) is 0 Å². The zero-order chi connectivity index (χ0) is 13.0. The Labute approximate surface area is 109 Å². The highest BCUT2D eigenvalue weighted by atomic mass is 16.4. The van der Waals surface area contributed by atoms with E-state index in [0.717, 1.165) is 32.0 Å². The summed E-state index contributed by atoms with van der Waals surface area (Å²) in [5.74, 6) is 1.52. The van der Waals surface area contributed by atoms with Crippen molar-refractivity contribution < 1.29 is 4.42 Å². The van der Waals surface area contributed by atoms with E-state index >= 15 is 0 Å². The van der Waals surface area contributed by atoms with Crippen LogP contribution in [0.4, 0.5) is 6.01 Å². The highest BCUT2D eigenvalue weighted by molar-refractivity contribution is 5.24. The molecule has 0 radical (unpaired) electrons. The number of nitrogens with zero attached hydrogens (tertiary/aromatic N) is 3. The third kappa shape index (κ3) is 3.45. The Morgan fingerprint density at radius 3 is 2.78 bits per heavy atom. The van der Waals surface area contributed by atoms with Crippen molar-refractivity contribution in [1.82, 2.24) is 15.5 Å². The minimum atomic E-state index is 0.126. The van der Waals surface area contributed by atoms with Gasteiger partial charge in [-0.1, -0.05) is 18.9 Å². The number of nitrogens with one attached hydrogen (secondary N) is 1. The normalized spacial score (nSPS) is 16.8. The van der Waals surface area contributed by atoms with Gasteiger partial charge in [-0.15, -0.1) is 5.10 Å². The molecule has 102 valence electrons. The van der Waals surface area contributed by atoms with Crippen LogP contribution in [0.3, 0.4) is 0 Å². The van der Waals surface area contributed by atoms with Crippen molar-refractivity contribution in [3.8, 4) is 0 Å². The minimum absolute atomic E-state index is 0.126. The standard InChI is InChI=1S/C13H24N4O/c1-4-8-17(9-11-6-7-11)13-16-15-12(18-13)10(3)14-5-2/h10-11,14H,4-9H2,1-3H3. The predicted octanol–water partition coefficient (Wildman–Crippen LogP) is 2.37. The molecule has 2 rings (SSSR count). The molecule has 1 aliphatic carbocycles. The highest BCUT2D eigenvalue weighted by Crippen LogP contribution is 2.31. The third-order valence-corrected chi connectivity index (χ3v) is 3.25. The van der Waals surface area contributed by atoms with Gasteiger partial charge in [-0.3, -0.25) is 0 Å². The number of aromatic nitrogens is 2. The molecule has 1 heterocycles. The second-order valence-corrected chi connectivity index (χ2v) is 5.09. The Kier molecular flexibility index (Phi) is 4.58. The van der Waals surface area contributed by atoms with Gasteiger partial charge in [0.2, 0.25) is 5.89 Å². The van der Waals surface area contributed by atoms with Gasteiger partial charge in [-0.25, -0.2) is 0 Å². The maximum absolute atomic E-state index is 5.78. The van der Waals surface area contributed by atoms with E-state index in [2.05, 4.69) is 34.3 Å². The van der Waals surface area contributed by atoms with Crippen molar-refractivity contribution in [2.75, 3.05) is 24.5 Å². The minimum Gasteiger partial charge on any atom is -0.406 e. The van der Waals surface area contributed by atoms with Gasteiger partial charge < -0.3 is 14.6 Å². The molecule has 0 bridgehead atoms. The van der Waals surface area contributed by atoms with Crippen LogP contribution in [0, 0.1) is 5.92 Å². The molecule has 1 aromatic rings. The maximum atomic E-state index is 5.78. The monoisotopic (exact) mass is 252 g/mol. The van der Waals surface area contributed by atoms with E-state index in [0.29, 0.717) is 11.9 Å². The maximum Gasteiger partial charge on any atom is 0.318 e. The van der Waals surface area contributed by atoms with Gasteiger partial charge in [0, 0.05) is 13.1 Å².